The fourth-order valence-electron chi connectivity index (χ4n) is 4.35. The van der Waals surface area contributed by atoms with Gasteiger partial charge in [0.05, 0.1) is 16.6 Å². The van der Waals surface area contributed by atoms with Gasteiger partial charge >= 0.3 is 0 Å². The van der Waals surface area contributed by atoms with E-state index in [2.05, 4.69) is 63.1 Å². The molecule has 1 aliphatic rings. The number of benzene rings is 3. The van der Waals surface area contributed by atoms with Crippen LogP contribution in [0.15, 0.2) is 66.1 Å². The number of aryl methyl sites for hydroxylation is 1. The molecule has 34 heavy (non-hydrogen) atoms. The second kappa shape index (κ2) is 8.91. The Morgan fingerprint density at radius 2 is 2.00 bits per heavy atom. The van der Waals surface area contributed by atoms with Crippen molar-refractivity contribution in [2.75, 3.05) is 7.11 Å². The van der Waals surface area contributed by atoms with E-state index in [9.17, 15) is 5.26 Å². The molecule has 7 nitrogen and oxygen atoms in total. The second-order valence-electron chi connectivity index (χ2n) is 7.95. The number of rotatable bonds is 5. The number of ether oxygens (including phenoxy) is 3. The molecular formula is C26H21IN4O3. The largest absolute Gasteiger partial charge is 0.493 e. The number of halogens is 1. The van der Waals surface area contributed by atoms with Crippen molar-refractivity contribution in [3.63, 3.8) is 0 Å². The van der Waals surface area contributed by atoms with Crippen molar-refractivity contribution in [3.8, 4) is 23.4 Å². The molecule has 0 saturated carbocycles. The summed E-state index contributed by atoms with van der Waals surface area (Å²) in [6, 6.07) is 20.5. The molecule has 8 heteroatoms. The van der Waals surface area contributed by atoms with Crippen molar-refractivity contribution >= 4 is 33.4 Å². The topological polar surface area (TPSA) is 106 Å². The summed E-state index contributed by atoms with van der Waals surface area (Å²) in [7, 11) is 1.61. The van der Waals surface area contributed by atoms with Crippen LogP contribution in [-0.2, 0) is 6.61 Å². The number of allylic oxidation sites excluding steroid dienone is 1. The minimum absolute atomic E-state index is 0.0526. The third kappa shape index (κ3) is 3.72. The molecule has 170 valence electrons. The highest BCUT2D eigenvalue weighted by Crippen LogP contribution is 2.45. The molecule has 0 saturated heterocycles. The lowest BCUT2D eigenvalue weighted by atomic mass is 9.84. The lowest BCUT2D eigenvalue weighted by Gasteiger charge is -2.25. The van der Waals surface area contributed by atoms with Crippen LogP contribution in [0, 0.1) is 21.8 Å². The summed E-state index contributed by atoms with van der Waals surface area (Å²) in [5, 5.41) is 19.3. The predicted octanol–water partition coefficient (Wildman–Crippen LogP) is 5.28. The van der Waals surface area contributed by atoms with E-state index < -0.39 is 5.92 Å². The van der Waals surface area contributed by atoms with Crippen LogP contribution < -0.4 is 19.9 Å². The number of H-pyrrole nitrogens is 1. The maximum Gasteiger partial charge on any atom is 0.244 e. The highest BCUT2D eigenvalue weighted by molar-refractivity contribution is 14.1. The molecule has 4 aromatic rings. The minimum Gasteiger partial charge on any atom is -0.493 e. The molecule has 0 amide bonds. The van der Waals surface area contributed by atoms with E-state index in [0.29, 0.717) is 29.6 Å². The van der Waals surface area contributed by atoms with Crippen molar-refractivity contribution in [1.29, 1.82) is 5.26 Å². The lowest BCUT2D eigenvalue weighted by molar-refractivity contribution is 0.283. The zero-order valence-electron chi connectivity index (χ0n) is 18.6. The van der Waals surface area contributed by atoms with E-state index in [1.54, 1.807) is 7.11 Å². The Hall–Kier alpha value is -3.71. The summed E-state index contributed by atoms with van der Waals surface area (Å²) >= 11 is 2.23. The van der Waals surface area contributed by atoms with Gasteiger partial charge in [0.15, 0.2) is 11.5 Å². The molecule has 0 radical (unpaired) electrons. The first-order valence-electron chi connectivity index (χ1n) is 10.6. The first kappa shape index (κ1) is 22.1. The number of nitrogens with zero attached hydrogens (tertiary/aromatic N) is 2. The van der Waals surface area contributed by atoms with E-state index in [1.165, 1.54) is 5.39 Å². The smallest absolute Gasteiger partial charge is 0.244 e. The average Bonchev–Trinajstić information content (AvgIpc) is 3.21. The van der Waals surface area contributed by atoms with E-state index in [4.69, 9.17) is 19.9 Å². The molecule has 3 aromatic carbocycles. The monoisotopic (exact) mass is 564 g/mol. The SMILES string of the molecule is COc1cc([C@@H]2C(C#N)=C(N)Oc3n[nH]c(C)c32)cc(I)c1OCc1cccc2ccccc12. The molecule has 1 aliphatic heterocycles. The van der Waals surface area contributed by atoms with Gasteiger partial charge in [-0.25, -0.2) is 0 Å². The van der Waals surface area contributed by atoms with Gasteiger partial charge < -0.3 is 19.9 Å². The molecule has 0 fully saturated rings. The molecule has 2 heterocycles. The van der Waals surface area contributed by atoms with Crippen molar-refractivity contribution in [2.45, 2.75) is 19.4 Å². The maximum absolute atomic E-state index is 9.84. The molecule has 0 unspecified atom stereocenters. The van der Waals surface area contributed by atoms with E-state index in [0.717, 1.165) is 31.3 Å². The standard InChI is InChI=1S/C26H21IN4O3/c1-14-22-23(19(12-28)25(29)34-26(22)31-30-14)17-10-20(27)24(21(11-17)32-2)33-13-16-8-5-7-15-6-3-4-9-18(15)16/h3-11,23H,13,29H2,1-2H3,(H,30,31)/t23-/m1/s1. The molecule has 3 N–H and O–H groups in total. The number of aromatic nitrogens is 2. The van der Waals surface area contributed by atoms with E-state index in [-0.39, 0.29) is 5.88 Å². The maximum atomic E-state index is 9.84. The fourth-order valence-corrected chi connectivity index (χ4v) is 5.13. The summed E-state index contributed by atoms with van der Waals surface area (Å²) in [6.07, 6.45) is 0. The van der Waals surface area contributed by atoms with Crippen LogP contribution in [0.2, 0.25) is 0 Å². The van der Waals surface area contributed by atoms with Gasteiger partial charge in [-0.3, -0.25) is 5.10 Å². The Labute approximate surface area is 210 Å². The van der Waals surface area contributed by atoms with E-state index in [1.807, 2.05) is 37.3 Å². The van der Waals surface area contributed by atoms with Gasteiger partial charge in [0, 0.05) is 11.3 Å². The van der Waals surface area contributed by atoms with Gasteiger partial charge in [0.2, 0.25) is 11.8 Å². The number of methoxy groups -OCH3 is 1. The van der Waals surface area contributed by atoms with Gasteiger partial charge in [-0.15, -0.1) is 5.10 Å². The number of nitrogens with one attached hydrogen (secondary N) is 1. The molecule has 0 aliphatic carbocycles. The minimum atomic E-state index is -0.429. The third-order valence-corrected chi connectivity index (χ3v) is 6.77. The average molecular weight is 564 g/mol. The number of aromatic amines is 1. The van der Waals surface area contributed by atoms with Crippen LogP contribution in [-0.4, -0.2) is 17.3 Å². The fraction of sp³-hybridized carbons (Fsp3) is 0.154. The van der Waals surface area contributed by atoms with Crippen molar-refractivity contribution in [3.05, 3.63) is 92.0 Å². The summed E-state index contributed by atoms with van der Waals surface area (Å²) in [4.78, 5) is 0. The van der Waals surface area contributed by atoms with Gasteiger partial charge in [-0.05, 0) is 63.5 Å². The highest BCUT2D eigenvalue weighted by atomic mass is 127. The molecule has 1 aromatic heterocycles. The third-order valence-electron chi connectivity index (χ3n) is 5.97. The van der Waals surface area contributed by atoms with Crippen LogP contribution in [0.5, 0.6) is 17.4 Å². The normalized spacial score (nSPS) is 14.9. The zero-order valence-corrected chi connectivity index (χ0v) is 20.7. The Morgan fingerprint density at radius 3 is 2.79 bits per heavy atom. The number of fused-ring (bicyclic) bond motifs is 2. The Morgan fingerprint density at radius 1 is 1.21 bits per heavy atom. The first-order chi connectivity index (χ1) is 16.5. The predicted molar refractivity (Wildman–Crippen MR) is 137 cm³/mol. The lowest BCUT2D eigenvalue weighted by Crippen LogP contribution is -2.21. The van der Waals surface area contributed by atoms with Crippen LogP contribution >= 0.6 is 22.6 Å². The second-order valence-corrected chi connectivity index (χ2v) is 9.12. The Balaban J connectivity index is 1.54. The van der Waals surface area contributed by atoms with Crippen LogP contribution in [0.1, 0.15) is 28.3 Å². The summed E-state index contributed by atoms with van der Waals surface area (Å²) in [5.74, 6) is 1.22. The van der Waals surface area contributed by atoms with Crippen molar-refractivity contribution in [1.82, 2.24) is 10.2 Å². The van der Waals surface area contributed by atoms with Crippen molar-refractivity contribution < 1.29 is 14.2 Å². The first-order valence-corrected chi connectivity index (χ1v) is 11.7. The van der Waals surface area contributed by atoms with Gasteiger partial charge in [0.25, 0.3) is 0 Å². The molecule has 0 bridgehead atoms. The van der Waals surface area contributed by atoms with E-state index >= 15 is 0 Å². The van der Waals surface area contributed by atoms with Crippen molar-refractivity contribution in [2.24, 2.45) is 5.73 Å². The quantitative estimate of drug-likeness (QED) is 0.320. The summed E-state index contributed by atoms with van der Waals surface area (Å²) < 4.78 is 18.4. The number of hydrogen-bond donors (Lipinski definition) is 2. The number of hydrogen-bond acceptors (Lipinski definition) is 6. The number of nitriles is 1. The molecular weight excluding hydrogens is 543 g/mol. The van der Waals surface area contributed by atoms with Crippen LogP contribution in [0.3, 0.4) is 0 Å². The highest BCUT2D eigenvalue weighted by Gasteiger charge is 2.35. The van der Waals surface area contributed by atoms with Crippen LogP contribution in [0.4, 0.5) is 0 Å². The van der Waals surface area contributed by atoms with Gasteiger partial charge in [0.1, 0.15) is 18.2 Å². The zero-order chi connectivity index (χ0) is 23.8. The molecule has 0 spiro atoms. The molecule has 1 atom stereocenters. The van der Waals surface area contributed by atoms with Gasteiger partial charge in [-0.2, -0.15) is 5.26 Å². The van der Waals surface area contributed by atoms with Crippen LogP contribution in [0.25, 0.3) is 10.8 Å². The number of nitrogens with two attached hydrogens (primary N) is 1. The summed E-state index contributed by atoms with van der Waals surface area (Å²) in [6.45, 7) is 2.29. The van der Waals surface area contributed by atoms with Gasteiger partial charge in [-0.1, -0.05) is 42.5 Å². The Kier molecular flexibility index (Phi) is 5.79. The molecule has 5 rings (SSSR count). The Bertz CT molecular complexity index is 1480. The summed E-state index contributed by atoms with van der Waals surface area (Å²) in [5.41, 5.74) is 9.92.